The van der Waals surface area contributed by atoms with Gasteiger partial charge in [-0.2, -0.15) is 0 Å². The number of ether oxygens (including phenoxy) is 4. The first-order valence-corrected chi connectivity index (χ1v) is 10.2. The molecule has 1 aromatic carbocycles. The Morgan fingerprint density at radius 1 is 0.963 bits per heavy atom. The summed E-state index contributed by atoms with van der Waals surface area (Å²) < 4.78 is 21.9. The third-order valence-electron chi connectivity index (χ3n) is 3.83. The van der Waals surface area contributed by atoms with Crippen LogP contribution in [0.1, 0.15) is 29.5 Å². The van der Waals surface area contributed by atoms with Crippen LogP contribution in [0.5, 0.6) is 11.5 Å². The zero-order valence-corrected chi connectivity index (χ0v) is 17.4. The Bertz CT molecular complexity index is 799. The Morgan fingerprint density at radius 2 is 1.59 bits per heavy atom. The van der Waals surface area contributed by atoms with Crippen LogP contribution in [0.3, 0.4) is 0 Å². The third-order valence-corrected chi connectivity index (χ3v) is 6.16. The normalized spacial score (nSPS) is 11.7. The predicted octanol–water partition coefficient (Wildman–Crippen LogP) is 2.23. The molecule has 0 saturated carbocycles. The molecule has 0 bridgehead atoms. The summed E-state index contributed by atoms with van der Waals surface area (Å²) in [6, 6.07) is 5.35. The van der Waals surface area contributed by atoms with Crippen LogP contribution >= 0.6 is 0 Å². The number of carbonyl (C=O) groups is 3. The number of hydrogen-bond donors (Lipinski definition) is 0. The van der Waals surface area contributed by atoms with Crippen LogP contribution < -0.4 is 9.47 Å². The van der Waals surface area contributed by atoms with E-state index in [0.29, 0.717) is 15.9 Å². The standard InChI is InChI=1S/C19H22O7Se/c1-5-25-17(20)9-12(19(22)26-6-2)18(21)16-8-11-7-13(23-3)14(24-4)10-15(11)27-16/h7-8,10,12H,5-6,9H2,1-4H3. The van der Waals surface area contributed by atoms with Crippen molar-refractivity contribution in [3.8, 4) is 11.5 Å². The van der Waals surface area contributed by atoms with E-state index in [1.165, 1.54) is 7.11 Å². The molecule has 0 aliphatic rings. The van der Waals surface area contributed by atoms with E-state index in [1.807, 2.05) is 6.07 Å². The molecule has 0 N–H and O–H groups in total. The maximum absolute atomic E-state index is 13.0. The predicted molar refractivity (Wildman–Crippen MR) is 99.7 cm³/mol. The molecule has 146 valence electrons. The molecule has 1 heterocycles. The van der Waals surface area contributed by atoms with Gasteiger partial charge in [0.15, 0.2) is 0 Å². The van der Waals surface area contributed by atoms with Gasteiger partial charge in [0.2, 0.25) is 0 Å². The van der Waals surface area contributed by atoms with E-state index >= 15 is 0 Å². The van der Waals surface area contributed by atoms with Crippen LogP contribution in [-0.4, -0.2) is 59.7 Å². The van der Waals surface area contributed by atoms with Crippen molar-refractivity contribution in [1.82, 2.24) is 0 Å². The number of benzene rings is 1. The number of rotatable bonds is 9. The summed E-state index contributed by atoms with van der Waals surface area (Å²) in [6.45, 7) is 3.63. The second-order valence-electron chi connectivity index (χ2n) is 5.53. The first kappa shape index (κ1) is 21.0. The van der Waals surface area contributed by atoms with Crippen molar-refractivity contribution >= 4 is 41.9 Å². The van der Waals surface area contributed by atoms with E-state index in [1.54, 1.807) is 33.1 Å². The second kappa shape index (κ2) is 9.57. The molecule has 2 aromatic rings. The molecule has 0 amide bonds. The molecule has 0 radical (unpaired) electrons. The van der Waals surface area contributed by atoms with Gasteiger partial charge < -0.3 is 0 Å². The Labute approximate surface area is 163 Å². The van der Waals surface area contributed by atoms with E-state index in [4.69, 9.17) is 18.9 Å². The van der Waals surface area contributed by atoms with Crippen LogP contribution in [0, 0.1) is 5.92 Å². The van der Waals surface area contributed by atoms with Gasteiger partial charge in [0, 0.05) is 0 Å². The monoisotopic (exact) mass is 442 g/mol. The van der Waals surface area contributed by atoms with Crippen molar-refractivity contribution < 1.29 is 33.3 Å². The Morgan fingerprint density at radius 3 is 2.19 bits per heavy atom. The maximum atomic E-state index is 13.0. The SMILES string of the molecule is CCOC(=O)CC(C(=O)OCC)C(=O)c1cc2cc(OC)c(OC)cc2[se]1. The van der Waals surface area contributed by atoms with Crippen LogP contribution in [0.15, 0.2) is 18.2 Å². The molecule has 1 aromatic heterocycles. The van der Waals surface area contributed by atoms with Crippen LogP contribution in [0.25, 0.3) is 9.65 Å². The molecule has 1 unspecified atom stereocenters. The van der Waals surface area contributed by atoms with Gasteiger partial charge in [-0.3, -0.25) is 0 Å². The fourth-order valence-electron chi connectivity index (χ4n) is 2.57. The molecule has 0 fully saturated rings. The molecule has 0 spiro atoms. The summed E-state index contributed by atoms with van der Waals surface area (Å²) in [6.07, 6.45) is -0.331. The van der Waals surface area contributed by atoms with Crippen molar-refractivity contribution in [2.24, 2.45) is 5.92 Å². The minimum absolute atomic E-state index is 0.129. The number of Topliss-reactive ketones (excluding diaryl/α,β-unsaturated/α-hetero) is 1. The van der Waals surface area contributed by atoms with Crippen molar-refractivity contribution in [2.75, 3.05) is 27.4 Å². The van der Waals surface area contributed by atoms with Crippen molar-refractivity contribution in [2.45, 2.75) is 20.3 Å². The van der Waals surface area contributed by atoms with Gasteiger partial charge in [-0.25, -0.2) is 0 Å². The summed E-state index contributed by atoms with van der Waals surface area (Å²) in [5.74, 6) is -1.78. The van der Waals surface area contributed by atoms with Gasteiger partial charge in [0.25, 0.3) is 0 Å². The molecule has 2 rings (SSSR count). The van der Waals surface area contributed by atoms with Gasteiger partial charge in [-0.1, -0.05) is 0 Å². The first-order chi connectivity index (χ1) is 12.9. The molecule has 0 aliphatic carbocycles. The molecule has 7 nitrogen and oxygen atoms in total. The van der Waals surface area contributed by atoms with Crippen molar-refractivity contribution in [3.05, 3.63) is 22.6 Å². The van der Waals surface area contributed by atoms with Gasteiger partial charge in [0.05, 0.1) is 0 Å². The third kappa shape index (κ3) is 4.90. The first-order valence-electron chi connectivity index (χ1n) is 8.47. The van der Waals surface area contributed by atoms with Gasteiger partial charge >= 0.3 is 163 Å². The number of esters is 2. The quantitative estimate of drug-likeness (QED) is 0.255. The van der Waals surface area contributed by atoms with Gasteiger partial charge in [0.1, 0.15) is 0 Å². The number of methoxy groups -OCH3 is 2. The summed E-state index contributed by atoms with van der Waals surface area (Å²) in [7, 11) is 3.08. The van der Waals surface area contributed by atoms with Crippen LogP contribution in [0.2, 0.25) is 0 Å². The summed E-state index contributed by atoms with van der Waals surface area (Å²) in [5, 5.41) is 0.842. The summed E-state index contributed by atoms with van der Waals surface area (Å²) in [5.41, 5.74) is 0. The Hall–Kier alpha value is -2.31. The van der Waals surface area contributed by atoms with Crippen LogP contribution in [0.4, 0.5) is 0 Å². The summed E-state index contributed by atoms with van der Waals surface area (Å²) >= 11 is -0.314. The number of ketones is 1. The molecular formula is C19H22O7Se. The number of carbonyl (C=O) groups excluding carboxylic acids is 3. The van der Waals surface area contributed by atoms with Gasteiger partial charge in [-0.05, 0) is 0 Å². The molecule has 0 aliphatic heterocycles. The Balaban J connectivity index is 2.38. The fraction of sp³-hybridized carbons (Fsp3) is 0.421. The van der Waals surface area contributed by atoms with E-state index in [9.17, 15) is 14.4 Å². The average Bonchev–Trinajstić information content (AvgIpc) is 3.07. The second-order valence-corrected chi connectivity index (χ2v) is 7.81. The molecule has 27 heavy (non-hydrogen) atoms. The number of hydrogen-bond acceptors (Lipinski definition) is 7. The van der Waals surface area contributed by atoms with E-state index in [0.717, 1.165) is 9.65 Å². The van der Waals surface area contributed by atoms with E-state index < -0.39 is 23.6 Å². The molecular weight excluding hydrogens is 419 g/mol. The van der Waals surface area contributed by atoms with Crippen LogP contribution in [-0.2, 0) is 19.1 Å². The van der Waals surface area contributed by atoms with Gasteiger partial charge in [-0.15, -0.1) is 0 Å². The van der Waals surface area contributed by atoms with Crippen molar-refractivity contribution in [1.29, 1.82) is 0 Å². The zero-order chi connectivity index (χ0) is 20.0. The topological polar surface area (TPSA) is 88.1 Å². The molecule has 1 atom stereocenters. The molecule has 8 heteroatoms. The molecule has 0 saturated heterocycles. The fourth-order valence-corrected chi connectivity index (χ4v) is 4.81. The van der Waals surface area contributed by atoms with E-state index in [-0.39, 0.29) is 34.1 Å². The number of fused-ring (bicyclic) bond motifs is 1. The minimum atomic E-state index is -1.20. The Kier molecular flexibility index (Phi) is 7.45. The summed E-state index contributed by atoms with van der Waals surface area (Å²) in [4.78, 5) is 37.0. The van der Waals surface area contributed by atoms with Crippen molar-refractivity contribution in [3.63, 3.8) is 0 Å². The average molecular weight is 441 g/mol. The zero-order valence-electron chi connectivity index (χ0n) is 15.7. The van der Waals surface area contributed by atoms with E-state index in [2.05, 4.69) is 0 Å².